The van der Waals surface area contributed by atoms with Crippen LogP contribution in [0.3, 0.4) is 0 Å². The van der Waals surface area contributed by atoms with Gasteiger partial charge in [0, 0.05) is 18.5 Å². The van der Waals surface area contributed by atoms with Gasteiger partial charge >= 0.3 is 5.97 Å². The lowest BCUT2D eigenvalue weighted by Gasteiger charge is -2.35. The van der Waals surface area contributed by atoms with Crippen LogP contribution in [0, 0.1) is 0 Å². The van der Waals surface area contributed by atoms with Crippen LogP contribution in [-0.2, 0) is 9.53 Å². The molecular weight excluding hydrogens is 254 g/mol. The largest absolute Gasteiger partial charge is 0.480 e. The molecule has 0 bridgehead atoms. The molecular formula is C11H17N3O3S. The van der Waals surface area contributed by atoms with E-state index in [0.29, 0.717) is 5.69 Å². The van der Waals surface area contributed by atoms with E-state index in [-0.39, 0.29) is 12.2 Å². The summed E-state index contributed by atoms with van der Waals surface area (Å²) in [6.07, 6.45) is 0.295. The van der Waals surface area contributed by atoms with Crippen molar-refractivity contribution in [3.63, 3.8) is 0 Å². The Morgan fingerprint density at radius 3 is 2.78 bits per heavy atom. The van der Waals surface area contributed by atoms with Gasteiger partial charge in [0.15, 0.2) is 5.13 Å². The maximum atomic E-state index is 10.8. The first-order valence-electron chi connectivity index (χ1n) is 5.81. The number of hydrogen-bond acceptors (Lipinski definition) is 6. The van der Waals surface area contributed by atoms with Crippen molar-refractivity contribution in [3.8, 4) is 0 Å². The molecule has 1 fully saturated rings. The quantitative estimate of drug-likeness (QED) is 0.847. The molecule has 0 aromatic carbocycles. The number of thiazole rings is 1. The molecule has 1 saturated heterocycles. The zero-order valence-corrected chi connectivity index (χ0v) is 11.2. The zero-order valence-electron chi connectivity index (χ0n) is 10.4. The number of nitrogens with zero attached hydrogens (tertiary/aromatic N) is 2. The molecule has 3 atom stereocenters. The van der Waals surface area contributed by atoms with Crippen LogP contribution in [0.25, 0.3) is 0 Å². The smallest absolute Gasteiger partial charge is 0.326 e. The first-order chi connectivity index (χ1) is 8.47. The Labute approximate surface area is 109 Å². The highest BCUT2D eigenvalue weighted by Crippen LogP contribution is 2.26. The fourth-order valence-electron chi connectivity index (χ4n) is 2.02. The molecule has 1 aromatic rings. The average molecular weight is 271 g/mol. The van der Waals surface area contributed by atoms with Gasteiger partial charge in [-0.15, -0.1) is 11.3 Å². The first kappa shape index (κ1) is 13.3. The van der Waals surface area contributed by atoms with Gasteiger partial charge in [-0.2, -0.15) is 0 Å². The lowest BCUT2D eigenvalue weighted by Crippen LogP contribution is -2.45. The fraction of sp³-hybridized carbons (Fsp3) is 0.636. The van der Waals surface area contributed by atoms with Crippen LogP contribution >= 0.6 is 11.3 Å². The topological polar surface area (TPSA) is 88.7 Å². The highest BCUT2D eigenvalue weighted by Gasteiger charge is 2.25. The number of carboxylic acids is 1. The third-order valence-corrected chi connectivity index (χ3v) is 3.70. The van der Waals surface area contributed by atoms with E-state index < -0.39 is 12.0 Å². The number of carboxylic acid groups (broad SMARTS) is 1. The van der Waals surface area contributed by atoms with Crippen LogP contribution < -0.4 is 10.6 Å². The van der Waals surface area contributed by atoms with Crippen LogP contribution in [0.1, 0.15) is 25.6 Å². The summed E-state index contributed by atoms with van der Waals surface area (Å²) in [4.78, 5) is 17.2. The third-order valence-electron chi connectivity index (χ3n) is 2.78. The van der Waals surface area contributed by atoms with Crippen molar-refractivity contribution in [3.05, 3.63) is 11.1 Å². The Kier molecular flexibility index (Phi) is 3.84. The van der Waals surface area contributed by atoms with Crippen molar-refractivity contribution in [1.82, 2.24) is 4.98 Å². The minimum absolute atomic E-state index is 0.147. The van der Waals surface area contributed by atoms with Crippen LogP contribution in [0.4, 0.5) is 5.13 Å². The number of morpholine rings is 1. The van der Waals surface area contributed by atoms with Crippen molar-refractivity contribution < 1.29 is 14.6 Å². The SMILES string of the molecule is C[C@@H]1CN(c2nc(C(N)C(=O)O)cs2)C[C@H](C)O1. The third kappa shape index (κ3) is 2.80. The summed E-state index contributed by atoms with van der Waals surface area (Å²) in [6, 6.07) is -1.05. The van der Waals surface area contributed by atoms with Gasteiger partial charge in [-0.3, -0.25) is 4.79 Å². The Balaban J connectivity index is 2.12. The molecule has 6 nitrogen and oxygen atoms in total. The van der Waals surface area contributed by atoms with Gasteiger partial charge in [-0.25, -0.2) is 4.98 Å². The first-order valence-corrected chi connectivity index (χ1v) is 6.69. The molecule has 0 aliphatic carbocycles. The Bertz CT molecular complexity index is 427. The normalized spacial score (nSPS) is 26.1. The molecule has 0 saturated carbocycles. The van der Waals surface area contributed by atoms with Gasteiger partial charge in [-0.1, -0.05) is 0 Å². The molecule has 0 radical (unpaired) electrons. The summed E-state index contributed by atoms with van der Waals surface area (Å²) in [5.74, 6) is -1.06. The number of aromatic nitrogens is 1. The van der Waals surface area contributed by atoms with E-state index in [1.165, 1.54) is 11.3 Å². The predicted octanol–water partition coefficient (Wildman–Crippen LogP) is 0.841. The molecule has 18 heavy (non-hydrogen) atoms. The summed E-state index contributed by atoms with van der Waals surface area (Å²) >= 11 is 1.42. The van der Waals surface area contributed by atoms with Gasteiger partial charge in [0.2, 0.25) is 0 Å². The summed E-state index contributed by atoms with van der Waals surface area (Å²) in [5, 5.41) is 11.4. The molecule has 2 rings (SSSR count). The van der Waals surface area contributed by atoms with Crippen molar-refractivity contribution >= 4 is 22.4 Å². The van der Waals surface area contributed by atoms with E-state index in [1.54, 1.807) is 5.38 Å². The van der Waals surface area contributed by atoms with Crippen LogP contribution in [-0.4, -0.2) is 41.4 Å². The number of nitrogens with two attached hydrogens (primary N) is 1. The van der Waals surface area contributed by atoms with Crippen molar-refractivity contribution in [2.45, 2.75) is 32.1 Å². The molecule has 1 aliphatic rings. The summed E-state index contributed by atoms with van der Waals surface area (Å²) in [6.45, 7) is 5.56. The highest BCUT2D eigenvalue weighted by molar-refractivity contribution is 7.13. The maximum Gasteiger partial charge on any atom is 0.326 e. The van der Waals surface area contributed by atoms with E-state index in [2.05, 4.69) is 9.88 Å². The second-order valence-electron chi connectivity index (χ2n) is 4.53. The molecule has 3 N–H and O–H groups in total. The number of ether oxygens (including phenoxy) is 1. The Morgan fingerprint density at radius 2 is 2.22 bits per heavy atom. The van der Waals surface area contributed by atoms with E-state index in [9.17, 15) is 4.79 Å². The maximum absolute atomic E-state index is 10.8. The van der Waals surface area contributed by atoms with Gasteiger partial charge in [0.1, 0.15) is 6.04 Å². The Morgan fingerprint density at radius 1 is 1.61 bits per heavy atom. The number of anilines is 1. The zero-order chi connectivity index (χ0) is 13.3. The van der Waals surface area contributed by atoms with Crippen LogP contribution in [0.2, 0.25) is 0 Å². The number of rotatable bonds is 3. The summed E-state index contributed by atoms with van der Waals surface area (Å²) in [5.41, 5.74) is 5.95. The lowest BCUT2D eigenvalue weighted by molar-refractivity contribution is -0.138. The van der Waals surface area contributed by atoms with Gasteiger partial charge in [0.05, 0.1) is 17.9 Å². The molecule has 1 aliphatic heterocycles. The molecule has 7 heteroatoms. The monoisotopic (exact) mass is 271 g/mol. The van der Waals surface area contributed by atoms with Gasteiger partial charge in [-0.05, 0) is 13.8 Å². The second-order valence-corrected chi connectivity index (χ2v) is 5.37. The Hall–Kier alpha value is -1.18. The molecule has 1 unspecified atom stereocenters. The number of hydrogen-bond donors (Lipinski definition) is 2. The standard InChI is InChI=1S/C11H17N3O3S/c1-6-3-14(4-7(2)17-6)11-13-8(5-18-11)9(12)10(15)16/h5-7,9H,3-4,12H2,1-2H3,(H,15,16)/t6-,7+,9?. The van der Waals surface area contributed by atoms with Crippen molar-refractivity contribution in [2.24, 2.45) is 5.73 Å². The lowest BCUT2D eigenvalue weighted by atomic mass is 10.2. The van der Waals surface area contributed by atoms with Crippen LogP contribution in [0.5, 0.6) is 0 Å². The molecule has 2 heterocycles. The second kappa shape index (κ2) is 5.21. The fourth-order valence-corrected chi connectivity index (χ4v) is 2.91. The van der Waals surface area contributed by atoms with E-state index >= 15 is 0 Å². The van der Waals surface area contributed by atoms with E-state index in [0.717, 1.165) is 18.2 Å². The van der Waals surface area contributed by atoms with Gasteiger partial charge < -0.3 is 20.5 Å². The molecule has 1 aromatic heterocycles. The van der Waals surface area contributed by atoms with Crippen molar-refractivity contribution in [2.75, 3.05) is 18.0 Å². The summed E-state index contributed by atoms with van der Waals surface area (Å²) in [7, 11) is 0. The molecule has 0 amide bonds. The summed E-state index contributed by atoms with van der Waals surface area (Å²) < 4.78 is 5.65. The minimum Gasteiger partial charge on any atom is -0.480 e. The van der Waals surface area contributed by atoms with E-state index in [1.807, 2.05) is 13.8 Å². The predicted molar refractivity (Wildman–Crippen MR) is 68.9 cm³/mol. The van der Waals surface area contributed by atoms with Gasteiger partial charge in [0.25, 0.3) is 0 Å². The molecule has 100 valence electrons. The van der Waals surface area contributed by atoms with Crippen LogP contribution in [0.15, 0.2) is 5.38 Å². The van der Waals surface area contributed by atoms with E-state index in [4.69, 9.17) is 15.6 Å². The van der Waals surface area contributed by atoms with Crippen molar-refractivity contribution in [1.29, 1.82) is 0 Å². The number of aliphatic carboxylic acids is 1. The highest BCUT2D eigenvalue weighted by atomic mass is 32.1. The number of carbonyl (C=O) groups is 1. The minimum atomic E-state index is -1.06. The average Bonchev–Trinajstić information content (AvgIpc) is 2.75. The molecule has 0 spiro atoms.